The van der Waals surface area contributed by atoms with Crippen molar-refractivity contribution in [1.82, 2.24) is 10.1 Å². The van der Waals surface area contributed by atoms with Crippen molar-refractivity contribution in [1.29, 1.82) is 0 Å². The van der Waals surface area contributed by atoms with Gasteiger partial charge in [0.15, 0.2) is 0 Å². The summed E-state index contributed by atoms with van der Waals surface area (Å²) < 4.78 is 38.5. The van der Waals surface area contributed by atoms with Crippen LogP contribution in [-0.2, 0) is 16.8 Å². The van der Waals surface area contributed by atoms with E-state index in [2.05, 4.69) is 5.16 Å². The highest BCUT2D eigenvalue weighted by atomic mass is 32.3. The van der Waals surface area contributed by atoms with Crippen molar-refractivity contribution in [3.63, 3.8) is 0 Å². The minimum absolute atomic E-state index is 0.128. The number of hydrogen-bond donors (Lipinski definition) is 0. The number of halogens is 1. The molecule has 1 unspecified atom stereocenters. The molecule has 5 nitrogen and oxygen atoms in total. The molecule has 18 heavy (non-hydrogen) atoms. The van der Waals surface area contributed by atoms with Gasteiger partial charge in [-0.25, -0.2) is 0 Å². The Morgan fingerprint density at radius 3 is 2.56 bits per heavy atom. The molecular formula is C11H19FN2O3S. The molecule has 0 radical (unpaired) electrons. The molecule has 1 heterocycles. The Kier molecular flexibility index (Phi) is 5.28. The normalized spacial score (nSPS) is 14.3. The third kappa shape index (κ3) is 5.14. The van der Waals surface area contributed by atoms with E-state index in [0.29, 0.717) is 18.2 Å². The highest BCUT2D eigenvalue weighted by Gasteiger charge is 2.20. The van der Waals surface area contributed by atoms with Gasteiger partial charge < -0.3 is 4.52 Å². The molecule has 0 aliphatic rings. The molecule has 0 aromatic carbocycles. The van der Waals surface area contributed by atoms with E-state index in [1.807, 2.05) is 25.7 Å². The van der Waals surface area contributed by atoms with Crippen LogP contribution in [0.1, 0.15) is 26.5 Å². The summed E-state index contributed by atoms with van der Waals surface area (Å²) in [6.07, 6.45) is 1.46. The predicted molar refractivity (Wildman–Crippen MR) is 66.1 cm³/mol. The first-order valence-electron chi connectivity index (χ1n) is 5.85. The minimum atomic E-state index is -4.44. The molecule has 1 rings (SSSR count). The van der Waals surface area contributed by atoms with Crippen molar-refractivity contribution in [2.45, 2.75) is 33.4 Å². The van der Waals surface area contributed by atoms with Gasteiger partial charge in [0.05, 0.1) is 11.4 Å². The van der Waals surface area contributed by atoms with Crippen LogP contribution in [0.3, 0.4) is 0 Å². The second kappa shape index (κ2) is 6.29. The number of aromatic nitrogens is 1. The van der Waals surface area contributed by atoms with Crippen molar-refractivity contribution in [3.8, 4) is 0 Å². The van der Waals surface area contributed by atoms with Crippen LogP contribution in [0, 0.1) is 5.92 Å². The maximum atomic E-state index is 12.6. The molecule has 0 saturated heterocycles. The molecule has 1 atom stereocenters. The summed E-state index contributed by atoms with van der Waals surface area (Å²) in [6.45, 7) is 6.64. The summed E-state index contributed by atoms with van der Waals surface area (Å²) in [5.74, 6) is -0.165. The smallest absolute Gasteiger partial charge is 0.303 e. The molecule has 0 N–H and O–H groups in total. The lowest BCUT2D eigenvalue weighted by atomic mass is 10.0. The SMILES string of the molecule is CC(C)C(C)N(CCS(=O)(=O)F)Cc1ccon1. The Morgan fingerprint density at radius 2 is 2.11 bits per heavy atom. The van der Waals surface area contributed by atoms with Crippen molar-refractivity contribution < 1.29 is 16.8 Å². The van der Waals surface area contributed by atoms with E-state index in [4.69, 9.17) is 4.52 Å². The molecule has 0 saturated carbocycles. The maximum Gasteiger partial charge on any atom is 0.303 e. The van der Waals surface area contributed by atoms with E-state index in [1.54, 1.807) is 6.07 Å². The molecule has 0 bridgehead atoms. The second-order valence-corrected chi connectivity index (χ2v) is 6.17. The number of nitrogens with zero attached hydrogens (tertiary/aromatic N) is 2. The summed E-state index contributed by atoms with van der Waals surface area (Å²) in [7, 11) is -4.44. The van der Waals surface area contributed by atoms with E-state index in [0.717, 1.165) is 0 Å². The van der Waals surface area contributed by atoms with E-state index < -0.39 is 16.0 Å². The standard InChI is InChI=1S/C11H19FN2O3S/c1-9(2)10(3)14(5-7-18(12,15)16)8-11-4-6-17-13-11/h4,6,9-10H,5,7-8H2,1-3H3. The average Bonchev–Trinajstić information content (AvgIpc) is 2.74. The first-order chi connectivity index (χ1) is 8.29. The van der Waals surface area contributed by atoms with Gasteiger partial charge >= 0.3 is 10.2 Å². The van der Waals surface area contributed by atoms with Crippen LogP contribution < -0.4 is 0 Å². The monoisotopic (exact) mass is 278 g/mol. The molecule has 1 aromatic heterocycles. The van der Waals surface area contributed by atoms with Crippen LogP contribution >= 0.6 is 0 Å². The van der Waals surface area contributed by atoms with Crippen molar-refractivity contribution in [2.75, 3.05) is 12.3 Å². The molecule has 0 spiro atoms. The van der Waals surface area contributed by atoms with Gasteiger partial charge in [0.1, 0.15) is 6.26 Å². The van der Waals surface area contributed by atoms with E-state index in [1.165, 1.54) is 6.26 Å². The molecule has 0 amide bonds. The maximum absolute atomic E-state index is 12.6. The lowest BCUT2D eigenvalue weighted by Gasteiger charge is -2.30. The van der Waals surface area contributed by atoms with Gasteiger partial charge in [-0.05, 0) is 12.8 Å². The van der Waals surface area contributed by atoms with Gasteiger partial charge in [-0.1, -0.05) is 19.0 Å². The molecule has 1 aromatic rings. The van der Waals surface area contributed by atoms with Gasteiger partial charge in [-0.3, -0.25) is 4.90 Å². The Bertz CT molecular complexity index is 445. The average molecular weight is 278 g/mol. The lowest BCUT2D eigenvalue weighted by Crippen LogP contribution is -2.39. The van der Waals surface area contributed by atoms with Crippen LogP contribution in [-0.4, -0.2) is 36.8 Å². The Hall–Kier alpha value is -0.950. The fourth-order valence-electron chi connectivity index (χ4n) is 1.60. The van der Waals surface area contributed by atoms with Gasteiger partial charge in [0.25, 0.3) is 0 Å². The second-order valence-electron chi connectivity index (χ2n) is 4.69. The van der Waals surface area contributed by atoms with Gasteiger partial charge in [0, 0.05) is 25.2 Å². The zero-order chi connectivity index (χ0) is 13.8. The molecule has 0 aliphatic heterocycles. The highest BCUT2D eigenvalue weighted by Crippen LogP contribution is 2.14. The predicted octanol–water partition coefficient (Wildman–Crippen LogP) is 1.82. The summed E-state index contributed by atoms with van der Waals surface area (Å²) in [5, 5.41) is 3.78. The summed E-state index contributed by atoms with van der Waals surface area (Å²) in [4.78, 5) is 1.89. The largest absolute Gasteiger partial charge is 0.364 e. The van der Waals surface area contributed by atoms with Gasteiger partial charge in [0.2, 0.25) is 0 Å². The first-order valence-corrected chi connectivity index (χ1v) is 7.40. The molecular weight excluding hydrogens is 259 g/mol. The highest BCUT2D eigenvalue weighted by molar-refractivity contribution is 7.86. The minimum Gasteiger partial charge on any atom is -0.364 e. The van der Waals surface area contributed by atoms with Crippen LogP contribution in [0.15, 0.2) is 16.9 Å². The van der Waals surface area contributed by atoms with Crippen LogP contribution in [0.4, 0.5) is 3.89 Å². The fraction of sp³-hybridized carbons (Fsp3) is 0.727. The van der Waals surface area contributed by atoms with Crippen molar-refractivity contribution in [2.24, 2.45) is 5.92 Å². The third-order valence-corrected chi connectivity index (χ3v) is 3.69. The quantitative estimate of drug-likeness (QED) is 0.712. The molecule has 7 heteroatoms. The Labute approximate surface area is 107 Å². The summed E-state index contributed by atoms with van der Waals surface area (Å²) in [5.41, 5.74) is 0.707. The van der Waals surface area contributed by atoms with Crippen molar-refractivity contribution >= 4 is 10.2 Å². The summed E-state index contributed by atoms with van der Waals surface area (Å²) >= 11 is 0. The number of rotatable bonds is 7. The van der Waals surface area contributed by atoms with E-state index in [9.17, 15) is 12.3 Å². The Morgan fingerprint density at radius 1 is 1.44 bits per heavy atom. The van der Waals surface area contributed by atoms with E-state index >= 15 is 0 Å². The zero-order valence-electron chi connectivity index (χ0n) is 10.8. The zero-order valence-corrected chi connectivity index (χ0v) is 11.7. The topological polar surface area (TPSA) is 63.4 Å². The molecule has 0 fully saturated rings. The first kappa shape index (κ1) is 15.1. The van der Waals surface area contributed by atoms with Crippen molar-refractivity contribution in [3.05, 3.63) is 18.0 Å². The van der Waals surface area contributed by atoms with Crippen LogP contribution in [0.2, 0.25) is 0 Å². The number of hydrogen-bond acceptors (Lipinski definition) is 5. The summed E-state index contributed by atoms with van der Waals surface area (Å²) in [6, 6.07) is 1.84. The van der Waals surface area contributed by atoms with Crippen LogP contribution in [0.25, 0.3) is 0 Å². The fourth-order valence-corrected chi connectivity index (χ4v) is 2.05. The molecule has 0 aliphatic carbocycles. The third-order valence-electron chi connectivity index (χ3n) is 3.02. The van der Waals surface area contributed by atoms with Gasteiger partial charge in [-0.15, -0.1) is 3.89 Å². The van der Waals surface area contributed by atoms with Gasteiger partial charge in [-0.2, -0.15) is 8.42 Å². The Balaban J connectivity index is 2.69. The van der Waals surface area contributed by atoms with E-state index in [-0.39, 0.29) is 12.6 Å². The molecule has 104 valence electrons. The lowest BCUT2D eigenvalue weighted by molar-refractivity contribution is 0.165. The van der Waals surface area contributed by atoms with Crippen LogP contribution in [0.5, 0.6) is 0 Å².